The van der Waals surface area contributed by atoms with Gasteiger partial charge in [0.25, 0.3) is 0 Å². The normalized spacial score (nSPS) is 21.7. The SMILES string of the molecule is COc1ccc2c3c(c4cc(OC)c(OC)cc4c2c1)C[C@H]1CN(C2CC2)CCN1C3. The molecular formula is C26H30N2O3. The molecule has 1 atom stereocenters. The van der Waals surface area contributed by atoms with Crippen LogP contribution in [0.4, 0.5) is 0 Å². The first-order valence-electron chi connectivity index (χ1n) is 11.4. The van der Waals surface area contributed by atoms with Crippen molar-refractivity contribution in [2.75, 3.05) is 41.0 Å². The van der Waals surface area contributed by atoms with Crippen LogP contribution in [0.2, 0.25) is 0 Å². The van der Waals surface area contributed by atoms with E-state index in [-0.39, 0.29) is 0 Å². The quantitative estimate of drug-likeness (QED) is 0.593. The summed E-state index contributed by atoms with van der Waals surface area (Å²) in [5.41, 5.74) is 2.95. The lowest BCUT2D eigenvalue weighted by atomic mass is 9.84. The van der Waals surface area contributed by atoms with Crippen LogP contribution in [-0.2, 0) is 13.0 Å². The number of benzene rings is 3. The highest BCUT2D eigenvalue weighted by atomic mass is 16.5. The number of rotatable bonds is 4. The van der Waals surface area contributed by atoms with Gasteiger partial charge in [0.2, 0.25) is 0 Å². The molecule has 1 saturated heterocycles. The van der Waals surface area contributed by atoms with Crippen LogP contribution in [0.1, 0.15) is 24.0 Å². The van der Waals surface area contributed by atoms with Crippen LogP contribution in [0.3, 0.4) is 0 Å². The van der Waals surface area contributed by atoms with Crippen molar-refractivity contribution in [1.29, 1.82) is 0 Å². The standard InChI is InChI=1S/C26H30N2O3/c1-29-18-6-7-19-21(11-18)23-13-26(31-3)25(30-2)12-22(23)20-10-17-14-27(16-4-5-16)8-9-28(17)15-24(19)20/h6-7,11-13,16-17H,4-5,8-10,14-15H2,1-3H3/t17-/m0/s1. The van der Waals surface area contributed by atoms with Gasteiger partial charge < -0.3 is 14.2 Å². The molecule has 3 aromatic carbocycles. The second-order valence-corrected chi connectivity index (χ2v) is 9.18. The van der Waals surface area contributed by atoms with Gasteiger partial charge in [-0.1, -0.05) is 6.07 Å². The van der Waals surface area contributed by atoms with E-state index in [2.05, 4.69) is 40.1 Å². The van der Waals surface area contributed by atoms with Gasteiger partial charge in [0.1, 0.15) is 5.75 Å². The van der Waals surface area contributed by atoms with E-state index in [1.54, 1.807) is 21.3 Å². The van der Waals surface area contributed by atoms with Crippen LogP contribution in [0, 0.1) is 0 Å². The molecular weight excluding hydrogens is 388 g/mol. The summed E-state index contributed by atoms with van der Waals surface area (Å²) in [4.78, 5) is 5.43. The van der Waals surface area contributed by atoms with Gasteiger partial charge in [-0.2, -0.15) is 0 Å². The van der Waals surface area contributed by atoms with Gasteiger partial charge in [0.05, 0.1) is 21.3 Å². The van der Waals surface area contributed by atoms with Crippen molar-refractivity contribution in [2.24, 2.45) is 0 Å². The van der Waals surface area contributed by atoms with Crippen LogP contribution in [-0.4, -0.2) is 62.8 Å². The molecule has 3 aliphatic rings. The molecule has 0 N–H and O–H groups in total. The molecule has 5 heteroatoms. The minimum absolute atomic E-state index is 0.592. The summed E-state index contributed by atoms with van der Waals surface area (Å²) in [5, 5.41) is 5.06. The van der Waals surface area contributed by atoms with Crippen molar-refractivity contribution < 1.29 is 14.2 Å². The third kappa shape index (κ3) is 3.06. The Morgan fingerprint density at radius 3 is 2.13 bits per heavy atom. The number of piperazine rings is 1. The average molecular weight is 419 g/mol. The Hall–Kier alpha value is -2.50. The van der Waals surface area contributed by atoms with E-state index in [0.717, 1.165) is 36.3 Å². The maximum Gasteiger partial charge on any atom is 0.161 e. The van der Waals surface area contributed by atoms with Crippen molar-refractivity contribution in [3.8, 4) is 17.2 Å². The average Bonchev–Trinajstić information content (AvgIpc) is 3.67. The number of fused-ring (bicyclic) bond motifs is 7. The highest BCUT2D eigenvalue weighted by molar-refractivity contribution is 6.12. The molecule has 2 aliphatic heterocycles. The largest absolute Gasteiger partial charge is 0.497 e. The highest BCUT2D eigenvalue weighted by Gasteiger charge is 2.38. The fourth-order valence-corrected chi connectivity index (χ4v) is 5.76. The van der Waals surface area contributed by atoms with Gasteiger partial charge in [-0.25, -0.2) is 0 Å². The van der Waals surface area contributed by atoms with Crippen molar-refractivity contribution in [2.45, 2.75) is 37.9 Å². The zero-order valence-electron chi connectivity index (χ0n) is 18.6. The zero-order chi connectivity index (χ0) is 21.1. The van der Waals surface area contributed by atoms with E-state index in [0.29, 0.717) is 6.04 Å². The van der Waals surface area contributed by atoms with E-state index in [4.69, 9.17) is 14.2 Å². The monoisotopic (exact) mass is 418 g/mol. The molecule has 0 spiro atoms. The van der Waals surface area contributed by atoms with Crippen molar-refractivity contribution in [3.05, 3.63) is 41.5 Å². The minimum atomic E-state index is 0.592. The third-order valence-corrected chi connectivity index (χ3v) is 7.56. The summed E-state index contributed by atoms with van der Waals surface area (Å²) in [6, 6.07) is 12.3. The van der Waals surface area contributed by atoms with Gasteiger partial charge in [-0.05, 0) is 76.2 Å². The summed E-state index contributed by atoms with van der Waals surface area (Å²) in [7, 11) is 5.16. The second-order valence-electron chi connectivity index (χ2n) is 9.18. The molecule has 3 aromatic rings. The lowest BCUT2D eigenvalue weighted by molar-refractivity contribution is 0.0571. The lowest BCUT2D eigenvalue weighted by Crippen LogP contribution is -2.55. The Balaban J connectivity index is 1.57. The van der Waals surface area contributed by atoms with Crippen molar-refractivity contribution in [3.63, 3.8) is 0 Å². The molecule has 0 amide bonds. The molecule has 0 aromatic heterocycles. The number of ether oxygens (including phenoxy) is 3. The van der Waals surface area contributed by atoms with E-state index in [1.165, 1.54) is 65.1 Å². The number of nitrogens with zero attached hydrogens (tertiary/aromatic N) is 2. The maximum absolute atomic E-state index is 5.69. The highest BCUT2D eigenvalue weighted by Crippen LogP contribution is 2.44. The Morgan fingerprint density at radius 2 is 1.42 bits per heavy atom. The Labute approximate surface area is 183 Å². The summed E-state index contributed by atoms with van der Waals surface area (Å²) in [5.74, 6) is 2.45. The molecule has 1 aliphatic carbocycles. The van der Waals surface area contributed by atoms with Gasteiger partial charge in [0.15, 0.2) is 11.5 Å². The minimum Gasteiger partial charge on any atom is -0.497 e. The van der Waals surface area contributed by atoms with Gasteiger partial charge in [-0.15, -0.1) is 0 Å². The summed E-state index contributed by atoms with van der Waals surface area (Å²) in [6.45, 7) is 4.59. The van der Waals surface area contributed by atoms with Gasteiger partial charge >= 0.3 is 0 Å². The lowest BCUT2D eigenvalue weighted by Gasteiger charge is -2.45. The molecule has 31 heavy (non-hydrogen) atoms. The molecule has 6 rings (SSSR count). The van der Waals surface area contributed by atoms with Crippen LogP contribution in [0.15, 0.2) is 30.3 Å². The van der Waals surface area contributed by atoms with Crippen LogP contribution < -0.4 is 14.2 Å². The molecule has 0 radical (unpaired) electrons. The summed E-state index contributed by atoms with van der Waals surface area (Å²) < 4.78 is 16.9. The third-order valence-electron chi connectivity index (χ3n) is 7.56. The first-order valence-corrected chi connectivity index (χ1v) is 11.4. The van der Waals surface area contributed by atoms with Gasteiger partial charge in [0, 0.05) is 38.3 Å². The fourth-order valence-electron chi connectivity index (χ4n) is 5.76. The summed E-state index contributed by atoms with van der Waals surface area (Å²) >= 11 is 0. The second kappa shape index (κ2) is 7.28. The smallest absolute Gasteiger partial charge is 0.161 e. The van der Waals surface area contributed by atoms with Crippen LogP contribution >= 0.6 is 0 Å². The number of methoxy groups -OCH3 is 3. The summed E-state index contributed by atoms with van der Waals surface area (Å²) in [6.07, 6.45) is 3.86. The first-order chi connectivity index (χ1) is 15.2. The molecule has 0 bridgehead atoms. The Kier molecular flexibility index (Phi) is 4.51. The first kappa shape index (κ1) is 19.2. The van der Waals surface area contributed by atoms with Crippen LogP contribution in [0.5, 0.6) is 17.2 Å². The predicted octanol–water partition coefficient (Wildman–Crippen LogP) is 4.22. The van der Waals surface area contributed by atoms with Gasteiger partial charge in [-0.3, -0.25) is 9.80 Å². The molecule has 2 fully saturated rings. The Bertz CT molecular complexity index is 1170. The predicted molar refractivity (Wildman–Crippen MR) is 124 cm³/mol. The van der Waals surface area contributed by atoms with E-state index >= 15 is 0 Å². The topological polar surface area (TPSA) is 34.2 Å². The molecule has 1 saturated carbocycles. The van der Waals surface area contributed by atoms with E-state index in [1.807, 2.05) is 0 Å². The maximum atomic E-state index is 5.69. The Morgan fingerprint density at radius 1 is 0.710 bits per heavy atom. The molecule has 5 nitrogen and oxygen atoms in total. The van der Waals surface area contributed by atoms with Crippen molar-refractivity contribution >= 4 is 21.5 Å². The number of hydrogen-bond donors (Lipinski definition) is 0. The zero-order valence-corrected chi connectivity index (χ0v) is 18.6. The molecule has 0 unspecified atom stereocenters. The van der Waals surface area contributed by atoms with E-state index in [9.17, 15) is 0 Å². The fraction of sp³-hybridized carbons (Fsp3) is 0.462. The molecule has 2 heterocycles. The van der Waals surface area contributed by atoms with Crippen molar-refractivity contribution in [1.82, 2.24) is 9.80 Å². The van der Waals surface area contributed by atoms with E-state index < -0.39 is 0 Å². The van der Waals surface area contributed by atoms with Crippen LogP contribution in [0.25, 0.3) is 21.5 Å². The number of hydrogen-bond acceptors (Lipinski definition) is 5. The molecule has 162 valence electrons.